The molecule has 0 aliphatic rings. The van der Waals surface area contributed by atoms with E-state index in [1.165, 1.54) is 0 Å². The number of methoxy groups -OCH3 is 1. The van der Waals surface area contributed by atoms with Gasteiger partial charge in [0.25, 0.3) is 0 Å². The maximum Gasteiger partial charge on any atom is 0.163 e. The zero-order chi connectivity index (χ0) is 15.6. The SMILES string of the molecule is COc1ccc(Nc2nnc(C)c(C)c2C(N)=S)c(C)c1. The Morgan fingerprint density at radius 3 is 2.52 bits per heavy atom. The molecule has 5 nitrogen and oxygen atoms in total. The Balaban J connectivity index is 2.45. The maximum atomic E-state index is 5.83. The second kappa shape index (κ2) is 6.05. The number of hydrogen-bond acceptors (Lipinski definition) is 5. The fraction of sp³-hybridized carbons (Fsp3) is 0.267. The smallest absolute Gasteiger partial charge is 0.163 e. The summed E-state index contributed by atoms with van der Waals surface area (Å²) in [6.07, 6.45) is 0. The third-order valence-electron chi connectivity index (χ3n) is 3.39. The molecule has 110 valence electrons. The summed E-state index contributed by atoms with van der Waals surface area (Å²) in [5.41, 5.74) is 10.2. The van der Waals surface area contributed by atoms with Gasteiger partial charge in [-0.15, -0.1) is 5.10 Å². The number of thiocarbonyl (C=S) groups is 1. The van der Waals surface area contributed by atoms with Crippen LogP contribution in [0, 0.1) is 20.8 Å². The number of aryl methyl sites for hydroxylation is 2. The Labute approximate surface area is 129 Å². The van der Waals surface area contributed by atoms with Gasteiger partial charge in [-0.25, -0.2) is 0 Å². The van der Waals surface area contributed by atoms with Crippen molar-refractivity contribution in [1.82, 2.24) is 10.2 Å². The minimum Gasteiger partial charge on any atom is -0.497 e. The van der Waals surface area contributed by atoms with Crippen molar-refractivity contribution in [2.75, 3.05) is 12.4 Å². The highest BCUT2D eigenvalue weighted by Crippen LogP contribution is 2.26. The van der Waals surface area contributed by atoms with Crippen LogP contribution in [-0.2, 0) is 0 Å². The van der Waals surface area contributed by atoms with E-state index in [2.05, 4.69) is 15.5 Å². The van der Waals surface area contributed by atoms with Crippen molar-refractivity contribution in [3.63, 3.8) is 0 Å². The first-order chi connectivity index (χ1) is 9.93. The second-order valence-electron chi connectivity index (χ2n) is 4.80. The Morgan fingerprint density at radius 2 is 1.95 bits per heavy atom. The summed E-state index contributed by atoms with van der Waals surface area (Å²) in [5, 5.41) is 11.6. The molecular formula is C15H18N4OS. The van der Waals surface area contributed by atoms with Gasteiger partial charge in [0.2, 0.25) is 0 Å². The molecule has 0 fully saturated rings. The molecular weight excluding hydrogens is 284 g/mol. The first-order valence-corrected chi connectivity index (χ1v) is 6.90. The van der Waals surface area contributed by atoms with Crippen LogP contribution in [0.25, 0.3) is 0 Å². The molecule has 1 aromatic heterocycles. The third-order valence-corrected chi connectivity index (χ3v) is 3.59. The van der Waals surface area contributed by atoms with Gasteiger partial charge in [0.05, 0.1) is 18.4 Å². The molecule has 1 aromatic carbocycles. The number of anilines is 2. The van der Waals surface area contributed by atoms with E-state index in [-0.39, 0.29) is 0 Å². The number of nitrogens with one attached hydrogen (secondary N) is 1. The van der Waals surface area contributed by atoms with Crippen molar-refractivity contribution < 1.29 is 4.74 Å². The average Bonchev–Trinajstić information content (AvgIpc) is 2.44. The van der Waals surface area contributed by atoms with Gasteiger partial charge in [-0.05, 0) is 50.1 Å². The molecule has 21 heavy (non-hydrogen) atoms. The number of rotatable bonds is 4. The number of benzene rings is 1. The zero-order valence-corrected chi connectivity index (χ0v) is 13.3. The molecule has 0 saturated heterocycles. The molecule has 6 heteroatoms. The average molecular weight is 302 g/mol. The van der Waals surface area contributed by atoms with Crippen LogP contribution in [0.3, 0.4) is 0 Å². The fourth-order valence-corrected chi connectivity index (χ4v) is 2.28. The molecule has 0 bridgehead atoms. The van der Waals surface area contributed by atoms with Gasteiger partial charge in [-0.3, -0.25) is 0 Å². The molecule has 1 heterocycles. The van der Waals surface area contributed by atoms with Gasteiger partial charge in [0.15, 0.2) is 5.82 Å². The summed E-state index contributed by atoms with van der Waals surface area (Å²) >= 11 is 5.14. The van der Waals surface area contributed by atoms with E-state index in [4.69, 9.17) is 22.7 Å². The van der Waals surface area contributed by atoms with E-state index in [9.17, 15) is 0 Å². The molecule has 0 aliphatic heterocycles. The highest BCUT2D eigenvalue weighted by molar-refractivity contribution is 7.80. The quantitative estimate of drug-likeness (QED) is 0.846. The van der Waals surface area contributed by atoms with E-state index in [0.717, 1.165) is 33.8 Å². The molecule has 0 aliphatic carbocycles. The summed E-state index contributed by atoms with van der Waals surface area (Å²) in [4.78, 5) is 0.305. The Hall–Kier alpha value is -2.21. The molecule has 0 radical (unpaired) electrons. The van der Waals surface area contributed by atoms with Crippen LogP contribution in [0.5, 0.6) is 5.75 Å². The van der Waals surface area contributed by atoms with Crippen molar-refractivity contribution in [3.05, 3.63) is 40.6 Å². The predicted molar refractivity (Wildman–Crippen MR) is 88.4 cm³/mol. The van der Waals surface area contributed by atoms with Crippen molar-refractivity contribution >= 4 is 28.7 Å². The van der Waals surface area contributed by atoms with Crippen LogP contribution < -0.4 is 15.8 Å². The summed E-state index contributed by atoms with van der Waals surface area (Å²) in [7, 11) is 1.64. The van der Waals surface area contributed by atoms with E-state index in [1.807, 2.05) is 39.0 Å². The summed E-state index contributed by atoms with van der Waals surface area (Å²) in [6, 6.07) is 5.75. The lowest BCUT2D eigenvalue weighted by molar-refractivity contribution is 0.414. The van der Waals surface area contributed by atoms with Crippen molar-refractivity contribution in [1.29, 1.82) is 0 Å². The van der Waals surface area contributed by atoms with Crippen molar-refractivity contribution in [3.8, 4) is 5.75 Å². The van der Waals surface area contributed by atoms with Crippen molar-refractivity contribution in [2.45, 2.75) is 20.8 Å². The molecule has 2 aromatic rings. The van der Waals surface area contributed by atoms with E-state index < -0.39 is 0 Å². The first kappa shape index (κ1) is 15.2. The Bertz CT molecular complexity index is 700. The lowest BCUT2D eigenvalue weighted by atomic mass is 10.1. The minimum absolute atomic E-state index is 0.305. The van der Waals surface area contributed by atoms with Crippen LogP contribution in [-0.4, -0.2) is 22.3 Å². The zero-order valence-electron chi connectivity index (χ0n) is 12.5. The summed E-state index contributed by atoms with van der Waals surface area (Å²) in [6.45, 7) is 5.80. The normalized spacial score (nSPS) is 10.3. The van der Waals surface area contributed by atoms with E-state index in [1.54, 1.807) is 7.11 Å². The van der Waals surface area contributed by atoms with Crippen LogP contribution in [0.2, 0.25) is 0 Å². The molecule has 3 N–H and O–H groups in total. The first-order valence-electron chi connectivity index (χ1n) is 6.49. The number of ether oxygens (including phenoxy) is 1. The van der Waals surface area contributed by atoms with Crippen LogP contribution in [0.1, 0.15) is 22.4 Å². The van der Waals surface area contributed by atoms with Gasteiger partial charge in [0.1, 0.15) is 10.7 Å². The molecule has 0 amide bonds. The number of nitrogens with zero attached hydrogens (tertiary/aromatic N) is 2. The lowest BCUT2D eigenvalue weighted by Crippen LogP contribution is -2.17. The molecule has 0 saturated carbocycles. The third kappa shape index (κ3) is 3.11. The molecule has 0 unspecified atom stereocenters. The van der Waals surface area contributed by atoms with Gasteiger partial charge in [0, 0.05) is 5.69 Å². The predicted octanol–water partition coefficient (Wildman–Crippen LogP) is 2.79. The highest BCUT2D eigenvalue weighted by atomic mass is 32.1. The van der Waals surface area contributed by atoms with Crippen LogP contribution >= 0.6 is 12.2 Å². The van der Waals surface area contributed by atoms with Gasteiger partial charge in [-0.2, -0.15) is 5.10 Å². The van der Waals surface area contributed by atoms with Crippen molar-refractivity contribution in [2.24, 2.45) is 5.73 Å². The summed E-state index contributed by atoms with van der Waals surface area (Å²) < 4.78 is 5.20. The van der Waals surface area contributed by atoms with Gasteiger partial charge >= 0.3 is 0 Å². The minimum atomic E-state index is 0.305. The Kier molecular flexibility index (Phi) is 4.37. The second-order valence-corrected chi connectivity index (χ2v) is 5.24. The molecule has 0 atom stereocenters. The topological polar surface area (TPSA) is 73.1 Å². The van der Waals surface area contributed by atoms with Gasteiger partial charge < -0.3 is 15.8 Å². The standard InChI is InChI=1S/C15H18N4OS/c1-8-7-11(20-4)5-6-12(8)17-15-13(14(16)21)9(2)10(3)18-19-15/h5-7H,1-4H3,(H2,16,21)(H,17,19). The van der Waals surface area contributed by atoms with Gasteiger partial charge in [-0.1, -0.05) is 12.2 Å². The van der Waals surface area contributed by atoms with E-state index >= 15 is 0 Å². The number of hydrogen-bond donors (Lipinski definition) is 2. The Morgan fingerprint density at radius 1 is 1.24 bits per heavy atom. The molecule has 2 rings (SSSR count). The van der Waals surface area contributed by atoms with Crippen LogP contribution in [0.15, 0.2) is 18.2 Å². The number of aromatic nitrogens is 2. The lowest BCUT2D eigenvalue weighted by Gasteiger charge is -2.15. The largest absolute Gasteiger partial charge is 0.497 e. The maximum absolute atomic E-state index is 5.83. The fourth-order valence-electron chi connectivity index (χ4n) is 2.03. The van der Waals surface area contributed by atoms with E-state index in [0.29, 0.717) is 10.8 Å². The summed E-state index contributed by atoms with van der Waals surface area (Å²) in [5.74, 6) is 1.37. The monoisotopic (exact) mass is 302 g/mol. The van der Waals surface area contributed by atoms with Crippen LogP contribution in [0.4, 0.5) is 11.5 Å². The highest BCUT2D eigenvalue weighted by Gasteiger charge is 2.14. The molecule has 0 spiro atoms. The number of nitrogens with two attached hydrogens (primary N) is 1.